The minimum Gasteiger partial charge on any atom is -0.394 e. The van der Waals surface area contributed by atoms with Crippen LogP contribution in [0, 0.1) is 5.92 Å². The number of rotatable bonds is 7. The summed E-state index contributed by atoms with van der Waals surface area (Å²) in [6, 6.07) is 18.8. The van der Waals surface area contributed by atoms with Crippen LogP contribution in [-0.4, -0.2) is 41.7 Å². The smallest absolute Gasteiger partial charge is 0.241 e. The average Bonchev–Trinajstić information content (AvgIpc) is 2.73. The van der Waals surface area contributed by atoms with Crippen molar-refractivity contribution in [1.82, 2.24) is 4.90 Å². The first kappa shape index (κ1) is 19.6. The van der Waals surface area contributed by atoms with Crippen LogP contribution in [0.2, 0.25) is 0 Å². The highest BCUT2D eigenvalue weighted by Gasteiger charge is 2.25. The van der Waals surface area contributed by atoms with Crippen molar-refractivity contribution in [1.29, 1.82) is 0 Å². The fourth-order valence-electron chi connectivity index (χ4n) is 3.78. The quantitative estimate of drug-likeness (QED) is 0.791. The molecule has 0 aromatic heterocycles. The number of aryl methyl sites for hydroxylation is 2. The second-order valence-corrected chi connectivity index (χ2v) is 7.56. The topological polar surface area (TPSA) is 66.6 Å². The van der Waals surface area contributed by atoms with Gasteiger partial charge in [0.25, 0.3) is 0 Å². The maximum atomic E-state index is 12.0. The lowest BCUT2D eigenvalue weighted by Crippen LogP contribution is -2.48. The third kappa shape index (κ3) is 5.65. The van der Waals surface area contributed by atoms with E-state index >= 15 is 0 Å². The first-order valence-electron chi connectivity index (χ1n) is 9.92. The van der Waals surface area contributed by atoms with Gasteiger partial charge in [0.1, 0.15) is 6.04 Å². The lowest BCUT2D eigenvalue weighted by atomic mass is 9.89. The van der Waals surface area contributed by atoms with Gasteiger partial charge in [-0.2, -0.15) is 0 Å². The SMILES string of the molecule is N[C@H](CO)C(=O)N1CCC(Cc2ccc(CCc3ccccc3)cc2)CC1. The van der Waals surface area contributed by atoms with Gasteiger partial charge in [0.2, 0.25) is 5.91 Å². The van der Waals surface area contributed by atoms with Crippen LogP contribution in [-0.2, 0) is 24.1 Å². The summed E-state index contributed by atoms with van der Waals surface area (Å²) in [6.45, 7) is 1.20. The molecule has 0 radical (unpaired) electrons. The molecule has 0 bridgehead atoms. The van der Waals surface area contributed by atoms with Crippen molar-refractivity contribution in [3.63, 3.8) is 0 Å². The molecule has 1 atom stereocenters. The highest BCUT2D eigenvalue weighted by atomic mass is 16.3. The maximum Gasteiger partial charge on any atom is 0.241 e. The van der Waals surface area contributed by atoms with Crippen molar-refractivity contribution in [2.75, 3.05) is 19.7 Å². The largest absolute Gasteiger partial charge is 0.394 e. The molecule has 1 aliphatic heterocycles. The Hall–Kier alpha value is -2.17. The Morgan fingerprint density at radius 3 is 2.11 bits per heavy atom. The van der Waals surface area contributed by atoms with Gasteiger partial charge in [0.05, 0.1) is 6.61 Å². The van der Waals surface area contributed by atoms with Crippen molar-refractivity contribution in [2.45, 2.75) is 38.1 Å². The average molecular weight is 367 g/mol. The van der Waals surface area contributed by atoms with Crippen molar-refractivity contribution in [3.05, 3.63) is 71.3 Å². The van der Waals surface area contributed by atoms with Crippen molar-refractivity contribution in [3.8, 4) is 0 Å². The number of carbonyl (C=O) groups excluding carboxylic acids is 1. The Morgan fingerprint density at radius 2 is 1.52 bits per heavy atom. The first-order valence-corrected chi connectivity index (χ1v) is 9.92. The summed E-state index contributed by atoms with van der Waals surface area (Å²) in [6.07, 6.45) is 5.20. The maximum absolute atomic E-state index is 12.0. The first-order chi connectivity index (χ1) is 13.2. The molecular formula is C23H30N2O2. The van der Waals surface area contributed by atoms with Gasteiger partial charge >= 0.3 is 0 Å². The molecule has 0 spiro atoms. The van der Waals surface area contributed by atoms with E-state index < -0.39 is 6.04 Å². The molecule has 4 heteroatoms. The third-order valence-electron chi connectivity index (χ3n) is 5.53. The second kappa shape index (κ2) is 9.67. The van der Waals surface area contributed by atoms with Crippen LogP contribution in [0.1, 0.15) is 29.5 Å². The zero-order valence-corrected chi connectivity index (χ0v) is 15.9. The molecule has 3 rings (SSSR count). The monoisotopic (exact) mass is 366 g/mol. The van der Waals surface area contributed by atoms with Gasteiger partial charge in [-0.3, -0.25) is 4.79 Å². The predicted molar refractivity (Wildman–Crippen MR) is 108 cm³/mol. The van der Waals surface area contributed by atoms with Gasteiger partial charge in [-0.25, -0.2) is 0 Å². The Kier molecular flexibility index (Phi) is 7.02. The number of hydrogen-bond acceptors (Lipinski definition) is 3. The molecule has 1 fully saturated rings. The molecule has 2 aromatic rings. The number of aliphatic hydroxyl groups excluding tert-OH is 1. The molecule has 1 aliphatic rings. The van der Waals surface area contributed by atoms with Crippen LogP contribution in [0.5, 0.6) is 0 Å². The van der Waals surface area contributed by atoms with Gasteiger partial charge in [0, 0.05) is 13.1 Å². The van der Waals surface area contributed by atoms with E-state index in [0.717, 1.165) is 45.2 Å². The number of nitrogens with two attached hydrogens (primary N) is 1. The molecular weight excluding hydrogens is 336 g/mol. The molecule has 3 N–H and O–H groups in total. The van der Waals surface area contributed by atoms with Crippen LogP contribution in [0.4, 0.5) is 0 Å². The molecule has 1 heterocycles. The zero-order valence-electron chi connectivity index (χ0n) is 15.9. The highest BCUT2D eigenvalue weighted by Crippen LogP contribution is 2.22. The van der Waals surface area contributed by atoms with E-state index in [1.165, 1.54) is 16.7 Å². The molecule has 144 valence electrons. The number of carbonyl (C=O) groups is 1. The summed E-state index contributed by atoms with van der Waals surface area (Å²) in [5.41, 5.74) is 9.77. The lowest BCUT2D eigenvalue weighted by molar-refractivity contribution is -0.134. The molecule has 1 amide bonds. The minimum absolute atomic E-state index is 0.126. The van der Waals surface area contributed by atoms with Crippen molar-refractivity contribution < 1.29 is 9.90 Å². The Labute approximate surface area is 162 Å². The van der Waals surface area contributed by atoms with Gasteiger partial charge in [0.15, 0.2) is 0 Å². The van der Waals surface area contributed by atoms with E-state index in [2.05, 4.69) is 54.6 Å². The van der Waals surface area contributed by atoms with Gasteiger partial charge in [-0.15, -0.1) is 0 Å². The number of amides is 1. The Bertz CT molecular complexity index is 707. The number of nitrogens with zero attached hydrogens (tertiary/aromatic N) is 1. The van der Waals surface area contributed by atoms with E-state index in [9.17, 15) is 4.79 Å². The summed E-state index contributed by atoms with van der Waals surface area (Å²) >= 11 is 0. The molecule has 0 aliphatic carbocycles. The van der Waals surface area contributed by atoms with E-state index in [4.69, 9.17) is 10.8 Å². The number of aliphatic hydroxyl groups is 1. The van der Waals surface area contributed by atoms with E-state index in [1.54, 1.807) is 4.90 Å². The highest BCUT2D eigenvalue weighted by molar-refractivity contribution is 5.81. The second-order valence-electron chi connectivity index (χ2n) is 7.56. The number of likely N-dealkylation sites (tertiary alicyclic amines) is 1. The van der Waals surface area contributed by atoms with Gasteiger partial charge in [-0.1, -0.05) is 54.6 Å². The summed E-state index contributed by atoms with van der Waals surface area (Å²) in [5.74, 6) is 0.480. The lowest BCUT2D eigenvalue weighted by Gasteiger charge is -2.33. The molecule has 27 heavy (non-hydrogen) atoms. The molecule has 2 aromatic carbocycles. The van der Waals surface area contributed by atoms with Crippen LogP contribution < -0.4 is 5.73 Å². The fourth-order valence-corrected chi connectivity index (χ4v) is 3.78. The molecule has 4 nitrogen and oxygen atoms in total. The summed E-state index contributed by atoms with van der Waals surface area (Å²) in [5, 5.41) is 9.04. The molecule has 0 unspecified atom stereocenters. The number of piperidine rings is 1. The van der Waals surface area contributed by atoms with Crippen LogP contribution >= 0.6 is 0 Å². The third-order valence-corrected chi connectivity index (χ3v) is 5.53. The van der Waals surface area contributed by atoms with Crippen molar-refractivity contribution in [2.24, 2.45) is 11.7 Å². The van der Waals surface area contributed by atoms with Crippen LogP contribution in [0.25, 0.3) is 0 Å². The zero-order chi connectivity index (χ0) is 19.1. The van der Waals surface area contributed by atoms with Gasteiger partial charge < -0.3 is 15.7 Å². The van der Waals surface area contributed by atoms with Crippen LogP contribution in [0.3, 0.4) is 0 Å². The normalized spacial score (nSPS) is 16.3. The van der Waals surface area contributed by atoms with E-state index in [-0.39, 0.29) is 12.5 Å². The number of benzene rings is 2. The fraction of sp³-hybridized carbons (Fsp3) is 0.435. The minimum atomic E-state index is -0.773. The molecule has 0 saturated carbocycles. The standard InChI is InChI=1S/C23H30N2O2/c24-22(17-26)23(27)25-14-12-21(13-15-25)16-20-10-8-19(9-11-20)7-6-18-4-2-1-3-5-18/h1-5,8-11,21-22,26H,6-7,12-17,24H2/t22-/m1/s1. The van der Waals surface area contributed by atoms with Crippen molar-refractivity contribution >= 4 is 5.91 Å². The molecule has 1 saturated heterocycles. The summed E-state index contributed by atoms with van der Waals surface area (Å²) in [7, 11) is 0. The Balaban J connectivity index is 1.44. The summed E-state index contributed by atoms with van der Waals surface area (Å²) in [4.78, 5) is 13.8. The van der Waals surface area contributed by atoms with Gasteiger partial charge in [-0.05, 0) is 54.7 Å². The van der Waals surface area contributed by atoms with Crippen LogP contribution in [0.15, 0.2) is 54.6 Å². The predicted octanol–water partition coefficient (Wildman–Crippen LogP) is 2.57. The Morgan fingerprint density at radius 1 is 0.963 bits per heavy atom. The van der Waals surface area contributed by atoms with E-state index in [1.807, 2.05) is 0 Å². The number of hydrogen-bond donors (Lipinski definition) is 2. The van der Waals surface area contributed by atoms with E-state index in [0.29, 0.717) is 5.92 Å². The summed E-state index contributed by atoms with van der Waals surface area (Å²) < 4.78 is 0.